The highest BCUT2D eigenvalue weighted by atomic mass is 32.2. The summed E-state index contributed by atoms with van der Waals surface area (Å²) in [6.07, 6.45) is 2.02. The van der Waals surface area contributed by atoms with Crippen LogP contribution in [0.15, 0.2) is 29.2 Å². The molecule has 0 radical (unpaired) electrons. The molecule has 0 saturated carbocycles. The van der Waals surface area contributed by atoms with Crippen molar-refractivity contribution in [1.29, 1.82) is 0 Å². The van der Waals surface area contributed by atoms with E-state index in [1.165, 1.54) is 0 Å². The van der Waals surface area contributed by atoms with Gasteiger partial charge in [0.2, 0.25) is 10.0 Å². The van der Waals surface area contributed by atoms with E-state index in [0.717, 1.165) is 24.9 Å². The van der Waals surface area contributed by atoms with Crippen molar-refractivity contribution in [3.05, 3.63) is 29.8 Å². The smallest absolute Gasteiger partial charge is 0.243 e. The van der Waals surface area contributed by atoms with Crippen LogP contribution in [-0.2, 0) is 16.4 Å². The molecule has 2 atom stereocenters. The summed E-state index contributed by atoms with van der Waals surface area (Å²) in [5, 5.41) is 3.10. The number of nitrogens with zero attached hydrogens (tertiary/aromatic N) is 1. The molecule has 0 aliphatic carbocycles. The SMILES string of the molecule is CNCCc1ccc(S(=O)(=O)N2CC(C)CC(C)C2)cc1. The average molecular weight is 310 g/mol. The van der Waals surface area contributed by atoms with Gasteiger partial charge in [0.1, 0.15) is 0 Å². The maximum absolute atomic E-state index is 12.7. The lowest BCUT2D eigenvalue weighted by Gasteiger charge is -2.34. The third kappa shape index (κ3) is 4.05. The number of benzene rings is 1. The lowest BCUT2D eigenvalue weighted by atomic mass is 9.94. The molecule has 1 aromatic carbocycles. The summed E-state index contributed by atoms with van der Waals surface area (Å²) >= 11 is 0. The number of likely N-dealkylation sites (N-methyl/N-ethyl adjacent to an activating group) is 1. The van der Waals surface area contributed by atoms with Crippen LogP contribution in [0, 0.1) is 11.8 Å². The quantitative estimate of drug-likeness (QED) is 0.906. The van der Waals surface area contributed by atoms with Gasteiger partial charge < -0.3 is 5.32 Å². The van der Waals surface area contributed by atoms with Crippen molar-refractivity contribution < 1.29 is 8.42 Å². The highest BCUT2D eigenvalue weighted by molar-refractivity contribution is 7.89. The van der Waals surface area contributed by atoms with Gasteiger partial charge in [-0.1, -0.05) is 26.0 Å². The first kappa shape index (κ1) is 16.5. The molecule has 2 rings (SSSR count). The lowest BCUT2D eigenvalue weighted by Crippen LogP contribution is -2.42. The van der Waals surface area contributed by atoms with E-state index in [1.54, 1.807) is 16.4 Å². The number of sulfonamides is 1. The molecule has 0 spiro atoms. The van der Waals surface area contributed by atoms with E-state index in [0.29, 0.717) is 29.8 Å². The van der Waals surface area contributed by atoms with Crippen molar-refractivity contribution in [1.82, 2.24) is 9.62 Å². The van der Waals surface area contributed by atoms with Crippen LogP contribution >= 0.6 is 0 Å². The van der Waals surface area contributed by atoms with Crippen LogP contribution < -0.4 is 5.32 Å². The van der Waals surface area contributed by atoms with Gasteiger partial charge in [-0.2, -0.15) is 4.31 Å². The van der Waals surface area contributed by atoms with E-state index in [9.17, 15) is 8.42 Å². The number of hydrogen-bond donors (Lipinski definition) is 1. The molecule has 1 N–H and O–H groups in total. The molecule has 21 heavy (non-hydrogen) atoms. The van der Waals surface area contributed by atoms with Crippen LogP contribution in [0.1, 0.15) is 25.8 Å². The van der Waals surface area contributed by atoms with E-state index < -0.39 is 10.0 Å². The summed E-state index contributed by atoms with van der Waals surface area (Å²) in [4.78, 5) is 0.414. The average Bonchev–Trinajstić information content (AvgIpc) is 2.44. The Kier molecular flexibility index (Phi) is 5.41. The lowest BCUT2D eigenvalue weighted by molar-refractivity contribution is 0.222. The second kappa shape index (κ2) is 6.90. The number of piperidine rings is 1. The summed E-state index contributed by atoms with van der Waals surface area (Å²) in [5.74, 6) is 0.858. The molecular formula is C16H26N2O2S. The number of hydrogen-bond acceptors (Lipinski definition) is 3. The Bertz CT molecular complexity index is 544. The summed E-state index contributed by atoms with van der Waals surface area (Å²) in [6.45, 7) is 6.41. The molecule has 118 valence electrons. The zero-order valence-electron chi connectivity index (χ0n) is 13.2. The molecule has 0 amide bonds. The number of rotatable bonds is 5. The van der Waals surface area contributed by atoms with Crippen LogP contribution in [0.3, 0.4) is 0 Å². The van der Waals surface area contributed by atoms with E-state index in [2.05, 4.69) is 19.2 Å². The maximum atomic E-state index is 12.7. The van der Waals surface area contributed by atoms with Crippen LogP contribution in [0.4, 0.5) is 0 Å². The molecule has 1 aromatic rings. The predicted octanol–water partition coefficient (Wildman–Crippen LogP) is 2.12. The van der Waals surface area contributed by atoms with E-state index in [-0.39, 0.29) is 0 Å². The van der Waals surface area contributed by atoms with Gasteiger partial charge in [-0.25, -0.2) is 8.42 Å². The third-order valence-electron chi connectivity index (χ3n) is 4.06. The topological polar surface area (TPSA) is 49.4 Å². The van der Waals surface area contributed by atoms with Crippen molar-refractivity contribution in [2.24, 2.45) is 11.8 Å². The standard InChI is InChI=1S/C16H26N2O2S/c1-13-10-14(2)12-18(11-13)21(19,20)16-6-4-15(5-7-16)8-9-17-3/h4-7,13-14,17H,8-12H2,1-3H3. The molecular weight excluding hydrogens is 284 g/mol. The van der Waals surface area contributed by atoms with Crippen molar-refractivity contribution in [3.8, 4) is 0 Å². The van der Waals surface area contributed by atoms with Gasteiger partial charge in [-0.3, -0.25) is 0 Å². The number of nitrogens with one attached hydrogen (secondary N) is 1. The Morgan fingerprint density at radius 1 is 1.14 bits per heavy atom. The zero-order valence-corrected chi connectivity index (χ0v) is 14.0. The highest BCUT2D eigenvalue weighted by Crippen LogP contribution is 2.26. The highest BCUT2D eigenvalue weighted by Gasteiger charge is 2.31. The fourth-order valence-corrected chi connectivity index (χ4v) is 4.73. The van der Waals surface area contributed by atoms with Crippen LogP contribution in [0.2, 0.25) is 0 Å². The van der Waals surface area contributed by atoms with Gasteiger partial charge in [0, 0.05) is 13.1 Å². The summed E-state index contributed by atoms with van der Waals surface area (Å²) in [5.41, 5.74) is 1.16. The van der Waals surface area contributed by atoms with Gasteiger partial charge in [-0.05, 0) is 56.0 Å². The fourth-order valence-electron chi connectivity index (χ4n) is 3.05. The molecule has 0 bridgehead atoms. The molecule has 1 saturated heterocycles. The maximum Gasteiger partial charge on any atom is 0.243 e. The minimum atomic E-state index is -3.35. The Morgan fingerprint density at radius 3 is 2.24 bits per heavy atom. The van der Waals surface area contributed by atoms with Gasteiger partial charge >= 0.3 is 0 Å². The Hall–Kier alpha value is -0.910. The first-order valence-corrected chi connectivity index (χ1v) is 9.11. The second-order valence-electron chi connectivity index (χ2n) is 6.27. The minimum Gasteiger partial charge on any atom is -0.319 e. The van der Waals surface area contributed by atoms with Crippen LogP contribution in [-0.4, -0.2) is 39.4 Å². The van der Waals surface area contributed by atoms with E-state index in [1.807, 2.05) is 19.2 Å². The van der Waals surface area contributed by atoms with Crippen molar-refractivity contribution in [2.45, 2.75) is 31.6 Å². The van der Waals surface area contributed by atoms with E-state index in [4.69, 9.17) is 0 Å². The van der Waals surface area contributed by atoms with Gasteiger partial charge in [-0.15, -0.1) is 0 Å². The van der Waals surface area contributed by atoms with Gasteiger partial charge in [0.15, 0.2) is 0 Å². The van der Waals surface area contributed by atoms with Crippen molar-refractivity contribution >= 4 is 10.0 Å². The van der Waals surface area contributed by atoms with Crippen LogP contribution in [0.25, 0.3) is 0 Å². The first-order chi connectivity index (χ1) is 9.93. The van der Waals surface area contributed by atoms with E-state index >= 15 is 0 Å². The van der Waals surface area contributed by atoms with Gasteiger partial charge in [0.05, 0.1) is 4.90 Å². The molecule has 2 unspecified atom stereocenters. The molecule has 4 nitrogen and oxygen atoms in total. The molecule has 1 aliphatic heterocycles. The predicted molar refractivity (Wildman–Crippen MR) is 85.8 cm³/mol. The fraction of sp³-hybridized carbons (Fsp3) is 0.625. The summed E-state index contributed by atoms with van der Waals surface area (Å²) in [7, 11) is -1.43. The van der Waals surface area contributed by atoms with Gasteiger partial charge in [0.25, 0.3) is 0 Å². The monoisotopic (exact) mass is 310 g/mol. The normalized spacial score (nSPS) is 24.1. The van der Waals surface area contributed by atoms with Crippen LogP contribution in [0.5, 0.6) is 0 Å². The molecule has 0 aromatic heterocycles. The molecule has 1 heterocycles. The zero-order chi connectivity index (χ0) is 15.5. The third-order valence-corrected chi connectivity index (χ3v) is 5.91. The van der Waals surface area contributed by atoms with Crippen molar-refractivity contribution in [3.63, 3.8) is 0 Å². The Labute approximate surface area is 128 Å². The molecule has 1 fully saturated rings. The Morgan fingerprint density at radius 2 is 1.71 bits per heavy atom. The summed E-state index contributed by atoms with van der Waals surface area (Å²) in [6, 6.07) is 7.32. The Balaban J connectivity index is 2.15. The van der Waals surface area contributed by atoms with Crippen molar-refractivity contribution in [2.75, 3.05) is 26.7 Å². The first-order valence-electron chi connectivity index (χ1n) is 7.67. The largest absolute Gasteiger partial charge is 0.319 e. The minimum absolute atomic E-state index is 0.414. The molecule has 5 heteroatoms. The summed E-state index contributed by atoms with van der Waals surface area (Å²) < 4.78 is 27.1. The molecule has 1 aliphatic rings. The second-order valence-corrected chi connectivity index (χ2v) is 8.20.